The van der Waals surface area contributed by atoms with Crippen LogP contribution in [0.15, 0.2) is 22.6 Å². The maximum atomic E-state index is 11.9. The molecule has 0 unspecified atom stereocenters. The third-order valence-electron chi connectivity index (χ3n) is 2.92. The predicted molar refractivity (Wildman–Crippen MR) is 69.5 cm³/mol. The molecule has 0 atom stereocenters. The van der Waals surface area contributed by atoms with Gasteiger partial charge in [0.1, 0.15) is 0 Å². The van der Waals surface area contributed by atoms with E-state index in [1.807, 2.05) is 26.0 Å². The number of rotatable bonds is 3. The Kier molecular flexibility index (Phi) is 2.81. The van der Waals surface area contributed by atoms with Gasteiger partial charge in [0.15, 0.2) is 17.1 Å². The Morgan fingerprint density at radius 1 is 1.37 bits per heavy atom. The van der Waals surface area contributed by atoms with Gasteiger partial charge in [0, 0.05) is 11.9 Å². The van der Waals surface area contributed by atoms with E-state index in [9.17, 15) is 4.79 Å². The van der Waals surface area contributed by atoms with Gasteiger partial charge in [0.25, 0.3) is 5.91 Å². The van der Waals surface area contributed by atoms with E-state index in [0.717, 1.165) is 5.39 Å². The average Bonchev–Trinajstić information content (AvgIpc) is 3.00. The molecule has 0 aliphatic carbocycles. The third-order valence-corrected chi connectivity index (χ3v) is 2.92. The summed E-state index contributed by atoms with van der Waals surface area (Å²) in [5.41, 5.74) is 0.560. The van der Waals surface area contributed by atoms with Gasteiger partial charge < -0.3 is 19.2 Å². The van der Waals surface area contributed by atoms with E-state index in [-0.39, 0.29) is 12.7 Å². The van der Waals surface area contributed by atoms with Gasteiger partial charge in [-0.15, -0.1) is 0 Å². The van der Waals surface area contributed by atoms with Crippen LogP contribution < -0.4 is 14.8 Å². The maximum absolute atomic E-state index is 11.9. The number of fused-ring (bicyclic) bond motifs is 3. The molecule has 5 heteroatoms. The molecule has 0 saturated carbocycles. The molecule has 0 bridgehead atoms. The normalized spacial score (nSPS) is 13.2. The van der Waals surface area contributed by atoms with Crippen molar-refractivity contribution < 1.29 is 18.7 Å². The molecular formula is C14H15NO4. The first-order valence-electron chi connectivity index (χ1n) is 6.25. The van der Waals surface area contributed by atoms with Crippen LogP contribution in [0.1, 0.15) is 24.4 Å². The monoisotopic (exact) mass is 261 g/mol. The highest BCUT2D eigenvalue weighted by molar-refractivity contribution is 5.98. The van der Waals surface area contributed by atoms with Gasteiger partial charge in [-0.25, -0.2) is 0 Å². The number of amides is 1. The maximum Gasteiger partial charge on any atom is 0.287 e. The molecule has 5 nitrogen and oxygen atoms in total. The van der Waals surface area contributed by atoms with Gasteiger partial charge >= 0.3 is 0 Å². The van der Waals surface area contributed by atoms with Crippen LogP contribution in [0.3, 0.4) is 0 Å². The van der Waals surface area contributed by atoms with Crippen LogP contribution in [0.5, 0.6) is 11.5 Å². The molecular weight excluding hydrogens is 246 g/mol. The zero-order valence-electron chi connectivity index (χ0n) is 10.9. The number of hydrogen-bond acceptors (Lipinski definition) is 4. The Morgan fingerprint density at radius 2 is 2.21 bits per heavy atom. The lowest BCUT2D eigenvalue weighted by molar-refractivity contribution is 0.0923. The molecule has 1 aliphatic heterocycles. The van der Waals surface area contributed by atoms with Gasteiger partial charge in [0.2, 0.25) is 12.5 Å². The molecule has 1 N–H and O–H groups in total. The molecule has 100 valence electrons. The minimum Gasteiger partial charge on any atom is -0.453 e. The second-order valence-corrected chi connectivity index (χ2v) is 4.93. The number of furan rings is 1. The molecule has 0 saturated heterocycles. The smallest absolute Gasteiger partial charge is 0.287 e. The number of carbonyl (C=O) groups excluding carboxylic acids is 1. The van der Waals surface area contributed by atoms with E-state index in [1.165, 1.54) is 0 Å². The van der Waals surface area contributed by atoms with Gasteiger partial charge in [-0.2, -0.15) is 0 Å². The fourth-order valence-electron chi connectivity index (χ4n) is 1.96. The Labute approximate surface area is 110 Å². The first kappa shape index (κ1) is 11.9. The van der Waals surface area contributed by atoms with E-state index in [2.05, 4.69) is 5.32 Å². The van der Waals surface area contributed by atoms with E-state index < -0.39 is 0 Å². The van der Waals surface area contributed by atoms with Crippen molar-refractivity contribution in [3.8, 4) is 11.5 Å². The number of ether oxygens (including phenoxy) is 2. The third kappa shape index (κ3) is 2.12. The van der Waals surface area contributed by atoms with Crippen molar-refractivity contribution in [1.29, 1.82) is 0 Å². The Bertz CT molecular complexity index is 630. The summed E-state index contributed by atoms with van der Waals surface area (Å²) in [7, 11) is 0. The summed E-state index contributed by atoms with van der Waals surface area (Å²) in [5.74, 6) is 1.70. The van der Waals surface area contributed by atoms with Crippen LogP contribution in [-0.2, 0) is 0 Å². The van der Waals surface area contributed by atoms with E-state index >= 15 is 0 Å². The summed E-state index contributed by atoms with van der Waals surface area (Å²) in [5, 5.41) is 3.65. The molecule has 0 spiro atoms. The lowest BCUT2D eigenvalue weighted by atomic mass is 10.2. The number of nitrogens with one attached hydrogen (secondary N) is 1. The average molecular weight is 261 g/mol. The highest BCUT2D eigenvalue weighted by Crippen LogP contribution is 2.40. The highest BCUT2D eigenvalue weighted by Gasteiger charge is 2.21. The van der Waals surface area contributed by atoms with Crippen molar-refractivity contribution in [3.63, 3.8) is 0 Å². The standard InChI is InChI=1S/C14H15NO4/c1-8(2)6-15-14(16)11-5-9-3-4-10-13(12(9)19-11)18-7-17-10/h3-5,8H,6-7H2,1-2H3,(H,15,16). The first-order chi connectivity index (χ1) is 9.15. The molecule has 1 amide bonds. The van der Waals surface area contributed by atoms with Crippen LogP contribution >= 0.6 is 0 Å². The molecule has 3 rings (SSSR count). The minimum atomic E-state index is -0.211. The first-order valence-corrected chi connectivity index (χ1v) is 6.25. The Balaban J connectivity index is 1.92. The molecule has 1 aromatic heterocycles. The van der Waals surface area contributed by atoms with E-state index in [4.69, 9.17) is 13.9 Å². The van der Waals surface area contributed by atoms with Crippen LogP contribution in [-0.4, -0.2) is 19.2 Å². The van der Waals surface area contributed by atoms with Crippen LogP contribution in [0, 0.1) is 5.92 Å². The van der Waals surface area contributed by atoms with Crippen LogP contribution in [0.25, 0.3) is 11.0 Å². The second kappa shape index (κ2) is 4.50. The molecule has 2 aromatic rings. The largest absolute Gasteiger partial charge is 0.453 e. The topological polar surface area (TPSA) is 60.7 Å². The fourth-order valence-corrected chi connectivity index (χ4v) is 1.96. The Morgan fingerprint density at radius 3 is 3.00 bits per heavy atom. The number of benzene rings is 1. The van der Waals surface area contributed by atoms with Gasteiger partial charge in [-0.3, -0.25) is 4.79 Å². The SMILES string of the molecule is CC(C)CNC(=O)c1cc2ccc3c(c2o1)OCO3. The van der Waals surface area contributed by atoms with Crippen molar-refractivity contribution >= 4 is 16.9 Å². The number of carbonyl (C=O) groups is 1. The molecule has 0 radical (unpaired) electrons. The van der Waals surface area contributed by atoms with Crippen molar-refractivity contribution in [2.45, 2.75) is 13.8 Å². The summed E-state index contributed by atoms with van der Waals surface area (Å²) in [6.07, 6.45) is 0. The lowest BCUT2D eigenvalue weighted by Crippen LogP contribution is -2.26. The predicted octanol–water partition coefficient (Wildman–Crippen LogP) is 2.55. The quantitative estimate of drug-likeness (QED) is 0.922. The Hall–Kier alpha value is -2.17. The zero-order chi connectivity index (χ0) is 13.4. The molecule has 1 aromatic carbocycles. The van der Waals surface area contributed by atoms with Crippen LogP contribution in [0.4, 0.5) is 0 Å². The minimum absolute atomic E-state index is 0.185. The van der Waals surface area contributed by atoms with Gasteiger partial charge in [-0.05, 0) is 24.1 Å². The summed E-state index contributed by atoms with van der Waals surface area (Å²) < 4.78 is 16.2. The van der Waals surface area contributed by atoms with Crippen LogP contribution in [0.2, 0.25) is 0 Å². The van der Waals surface area contributed by atoms with Gasteiger partial charge in [-0.1, -0.05) is 13.8 Å². The zero-order valence-corrected chi connectivity index (χ0v) is 10.9. The number of hydrogen-bond donors (Lipinski definition) is 1. The molecule has 0 fully saturated rings. The second-order valence-electron chi connectivity index (χ2n) is 4.93. The molecule has 19 heavy (non-hydrogen) atoms. The van der Waals surface area contributed by atoms with Gasteiger partial charge in [0.05, 0.1) is 0 Å². The van der Waals surface area contributed by atoms with E-state index in [0.29, 0.717) is 35.3 Å². The van der Waals surface area contributed by atoms with Crippen molar-refractivity contribution in [3.05, 3.63) is 24.0 Å². The van der Waals surface area contributed by atoms with Crippen molar-refractivity contribution in [2.75, 3.05) is 13.3 Å². The molecule has 1 aliphatic rings. The van der Waals surface area contributed by atoms with E-state index in [1.54, 1.807) is 6.07 Å². The van der Waals surface area contributed by atoms with Crippen molar-refractivity contribution in [2.24, 2.45) is 5.92 Å². The highest BCUT2D eigenvalue weighted by atomic mass is 16.7. The fraction of sp³-hybridized carbons (Fsp3) is 0.357. The molecule has 2 heterocycles. The lowest BCUT2D eigenvalue weighted by Gasteiger charge is -2.04. The van der Waals surface area contributed by atoms with Crippen molar-refractivity contribution in [1.82, 2.24) is 5.32 Å². The summed E-state index contributed by atoms with van der Waals surface area (Å²) in [4.78, 5) is 11.9. The summed E-state index contributed by atoms with van der Waals surface area (Å²) in [6.45, 7) is 4.88. The summed E-state index contributed by atoms with van der Waals surface area (Å²) >= 11 is 0. The summed E-state index contributed by atoms with van der Waals surface area (Å²) in [6, 6.07) is 5.38.